The van der Waals surface area contributed by atoms with E-state index in [9.17, 15) is 4.79 Å². The Bertz CT molecular complexity index is 1400. The van der Waals surface area contributed by atoms with E-state index in [1.807, 2.05) is 73.2 Å². The molecule has 0 radical (unpaired) electrons. The van der Waals surface area contributed by atoms with E-state index in [2.05, 4.69) is 39.0 Å². The molecule has 0 spiro atoms. The maximum atomic E-state index is 13.0. The van der Waals surface area contributed by atoms with E-state index in [0.29, 0.717) is 17.8 Å². The molecule has 7 nitrogen and oxygen atoms in total. The molecule has 160 valence electrons. The number of para-hydroxylation sites is 1. The van der Waals surface area contributed by atoms with E-state index in [1.165, 1.54) is 0 Å². The number of amides is 1. The van der Waals surface area contributed by atoms with Crippen molar-refractivity contribution in [3.8, 4) is 5.69 Å². The number of fused-ring (bicyclic) bond motifs is 1. The van der Waals surface area contributed by atoms with Gasteiger partial charge in [-0.05, 0) is 50.6 Å². The molecule has 5 aromatic rings. The van der Waals surface area contributed by atoms with Crippen molar-refractivity contribution in [2.45, 2.75) is 27.3 Å². The molecule has 0 unspecified atom stereocenters. The topological polar surface area (TPSA) is 69.2 Å². The van der Waals surface area contributed by atoms with Crippen molar-refractivity contribution in [1.29, 1.82) is 0 Å². The second-order valence-electron chi connectivity index (χ2n) is 7.99. The standard InChI is InChI=1S/C25H24N6O/c1-17-8-4-5-9-23(17)31-18(2)12-22(19(31)3)25(32)28-20-13-26-30(15-20)16-21-14-29-11-7-6-10-24(29)27-21/h4-15H,16H2,1-3H3,(H,28,32). The highest BCUT2D eigenvalue weighted by Crippen LogP contribution is 2.24. The normalized spacial score (nSPS) is 11.2. The van der Waals surface area contributed by atoms with Gasteiger partial charge < -0.3 is 14.3 Å². The van der Waals surface area contributed by atoms with Crippen LogP contribution in [0.15, 0.2) is 73.3 Å². The van der Waals surface area contributed by atoms with Gasteiger partial charge in [-0.15, -0.1) is 0 Å². The third-order valence-electron chi connectivity index (χ3n) is 5.66. The van der Waals surface area contributed by atoms with Crippen molar-refractivity contribution < 1.29 is 4.79 Å². The first-order valence-corrected chi connectivity index (χ1v) is 10.5. The van der Waals surface area contributed by atoms with Gasteiger partial charge in [0.05, 0.1) is 29.7 Å². The summed E-state index contributed by atoms with van der Waals surface area (Å²) in [5.74, 6) is -0.148. The Morgan fingerprint density at radius 3 is 2.66 bits per heavy atom. The average Bonchev–Trinajstić information content (AvgIpc) is 3.46. The van der Waals surface area contributed by atoms with Gasteiger partial charge in [-0.2, -0.15) is 5.10 Å². The van der Waals surface area contributed by atoms with Gasteiger partial charge in [0.2, 0.25) is 0 Å². The summed E-state index contributed by atoms with van der Waals surface area (Å²) in [7, 11) is 0. The first-order valence-electron chi connectivity index (χ1n) is 10.5. The molecule has 0 aliphatic heterocycles. The van der Waals surface area contributed by atoms with E-state index in [1.54, 1.807) is 10.9 Å². The Hall–Kier alpha value is -4.13. The SMILES string of the molecule is Cc1ccccc1-n1c(C)cc(C(=O)Nc2cnn(Cc3cn4ccccc4n3)c2)c1C. The van der Waals surface area contributed by atoms with Crippen LogP contribution in [0.2, 0.25) is 0 Å². The second kappa shape index (κ2) is 7.85. The lowest BCUT2D eigenvalue weighted by Crippen LogP contribution is -2.13. The van der Waals surface area contributed by atoms with Gasteiger partial charge in [0.1, 0.15) is 5.65 Å². The number of aryl methyl sites for hydroxylation is 2. The Labute approximate surface area is 186 Å². The Morgan fingerprint density at radius 2 is 1.84 bits per heavy atom. The summed E-state index contributed by atoms with van der Waals surface area (Å²) in [6.07, 6.45) is 7.43. The van der Waals surface area contributed by atoms with Crippen LogP contribution < -0.4 is 5.32 Å². The molecular formula is C25H24N6O. The van der Waals surface area contributed by atoms with Crippen LogP contribution in [0.25, 0.3) is 11.3 Å². The third kappa shape index (κ3) is 3.58. The molecule has 5 rings (SSSR count). The smallest absolute Gasteiger partial charge is 0.257 e. The summed E-state index contributed by atoms with van der Waals surface area (Å²) in [5.41, 5.74) is 7.27. The summed E-state index contributed by atoms with van der Waals surface area (Å²) in [4.78, 5) is 17.6. The Morgan fingerprint density at radius 1 is 1.03 bits per heavy atom. The summed E-state index contributed by atoms with van der Waals surface area (Å²) < 4.78 is 5.87. The number of hydrogen-bond donors (Lipinski definition) is 1. The van der Waals surface area contributed by atoms with Gasteiger partial charge in [-0.3, -0.25) is 9.48 Å². The number of anilines is 1. The van der Waals surface area contributed by atoms with Gasteiger partial charge in [0.15, 0.2) is 0 Å². The fourth-order valence-corrected chi connectivity index (χ4v) is 4.12. The zero-order valence-corrected chi connectivity index (χ0v) is 18.3. The van der Waals surface area contributed by atoms with Crippen LogP contribution in [-0.2, 0) is 6.54 Å². The highest BCUT2D eigenvalue weighted by molar-refractivity contribution is 6.05. The first kappa shape index (κ1) is 19.8. The van der Waals surface area contributed by atoms with E-state index in [0.717, 1.165) is 34.0 Å². The van der Waals surface area contributed by atoms with Crippen molar-refractivity contribution in [2.75, 3.05) is 5.32 Å². The number of aromatic nitrogens is 5. The molecule has 4 aromatic heterocycles. The molecule has 0 aliphatic carbocycles. The molecule has 1 amide bonds. The van der Waals surface area contributed by atoms with Gasteiger partial charge in [-0.1, -0.05) is 24.3 Å². The minimum Gasteiger partial charge on any atom is -0.319 e. The van der Waals surface area contributed by atoms with E-state index >= 15 is 0 Å². The number of carbonyl (C=O) groups is 1. The molecule has 0 saturated heterocycles. The third-order valence-corrected chi connectivity index (χ3v) is 5.66. The van der Waals surface area contributed by atoms with Crippen LogP contribution in [0, 0.1) is 20.8 Å². The van der Waals surface area contributed by atoms with Gasteiger partial charge in [0, 0.05) is 35.7 Å². The van der Waals surface area contributed by atoms with Crippen LogP contribution >= 0.6 is 0 Å². The summed E-state index contributed by atoms with van der Waals surface area (Å²) >= 11 is 0. The molecule has 7 heteroatoms. The number of rotatable bonds is 5. The minimum absolute atomic E-state index is 0.148. The van der Waals surface area contributed by atoms with Crippen LogP contribution in [0.1, 0.15) is 33.0 Å². The fraction of sp³-hybridized carbons (Fsp3) is 0.160. The number of nitrogens with one attached hydrogen (secondary N) is 1. The van der Waals surface area contributed by atoms with Crippen molar-refractivity contribution in [3.63, 3.8) is 0 Å². The second-order valence-corrected chi connectivity index (χ2v) is 7.99. The van der Waals surface area contributed by atoms with Gasteiger partial charge in [0.25, 0.3) is 5.91 Å². The largest absolute Gasteiger partial charge is 0.319 e. The quantitative estimate of drug-likeness (QED) is 0.450. The Kier molecular flexibility index (Phi) is 4.86. The molecule has 32 heavy (non-hydrogen) atoms. The number of hydrogen-bond acceptors (Lipinski definition) is 3. The highest BCUT2D eigenvalue weighted by Gasteiger charge is 2.18. The zero-order chi connectivity index (χ0) is 22.2. The van der Waals surface area contributed by atoms with Gasteiger partial charge in [-0.25, -0.2) is 4.98 Å². The number of carbonyl (C=O) groups excluding carboxylic acids is 1. The maximum absolute atomic E-state index is 13.0. The monoisotopic (exact) mass is 424 g/mol. The zero-order valence-electron chi connectivity index (χ0n) is 18.3. The van der Waals surface area contributed by atoms with E-state index < -0.39 is 0 Å². The molecule has 1 N–H and O–H groups in total. The number of imidazole rings is 1. The fourth-order valence-electron chi connectivity index (χ4n) is 4.12. The van der Waals surface area contributed by atoms with Crippen molar-refractivity contribution in [2.24, 2.45) is 0 Å². The number of nitrogens with zero attached hydrogens (tertiary/aromatic N) is 5. The number of pyridine rings is 1. The van der Waals surface area contributed by atoms with Crippen LogP contribution in [0.5, 0.6) is 0 Å². The van der Waals surface area contributed by atoms with Crippen LogP contribution in [0.4, 0.5) is 5.69 Å². The predicted molar refractivity (Wildman–Crippen MR) is 124 cm³/mol. The van der Waals surface area contributed by atoms with Crippen molar-refractivity contribution in [1.82, 2.24) is 23.7 Å². The van der Waals surface area contributed by atoms with Gasteiger partial charge >= 0.3 is 0 Å². The van der Waals surface area contributed by atoms with Crippen molar-refractivity contribution in [3.05, 3.63) is 102 Å². The molecule has 0 fully saturated rings. The predicted octanol–water partition coefficient (Wildman–Crippen LogP) is 4.55. The minimum atomic E-state index is -0.148. The maximum Gasteiger partial charge on any atom is 0.257 e. The highest BCUT2D eigenvalue weighted by atomic mass is 16.1. The summed E-state index contributed by atoms with van der Waals surface area (Å²) in [6, 6.07) is 16.0. The summed E-state index contributed by atoms with van der Waals surface area (Å²) in [5, 5.41) is 7.36. The lowest BCUT2D eigenvalue weighted by molar-refractivity contribution is 0.102. The van der Waals surface area contributed by atoms with Crippen LogP contribution in [-0.4, -0.2) is 29.6 Å². The van der Waals surface area contributed by atoms with Crippen molar-refractivity contribution >= 4 is 17.2 Å². The molecule has 0 atom stereocenters. The average molecular weight is 425 g/mol. The lowest BCUT2D eigenvalue weighted by atomic mass is 10.2. The molecule has 4 heterocycles. The molecule has 0 bridgehead atoms. The van der Waals surface area contributed by atoms with E-state index in [4.69, 9.17) is 0 Å². The Balaban J connectivity index is 1.34. The first-order chi connectivity index (χ1) is 15.5. The lowest BCUT2D eigenvalue weighted by Gasteiger charge is -2.12. The molecule has 0 saturated carbocycles. The summed E-state index contributed by atoms with van der Waals surface area (Å²) in [6.45, 7) is 6.59. The molecular weight excluding hydrogens is 400 g/mol. The van der Waals surface area contributed by atoms with Crippen LogP contribution in [0.3, 0.4) is 0 Å². The molecule has 1 aromatic carbocycles. The number of benzene rings is 1. The molecule has 0 aliphatic rings. The van der Waals surface area contributed by atoms with E-state index in [-0.39, 0.29) is 5.91 Å².